The minimum absolute atomic E-state index is 0.0338. The van der Waals surface area contributed by atoms with Gasteiger partial charge in [0.25, 0.3) is 5.91 Å². The molecule has 0 atom stereocenters. The van der Waals surface area contributed by atoms with E-state index in [0.29, 0.717) is 12.1 Å². The second-order valence-electron chi connectivity index (χ2n) is 7.37. The van der Waals surface area contributed by atoms with Crippen LogP contribution in [0.3, 0.4) is 0 Å². The summed E-state index contributed by atoms with van der Waals surface area (Å²) in [5, 5.41) is 2.99. The van der Waals surface area contributed by atoms with E-state index in [4.69, 9.17) is 0 Å². The van der Waals surface area contributed by atoms with E-state index < -0.39 is 0 Å². The highest BCUT2D eigenvalue weighted by molar-refractivity contribution is 5.94. The van der Waals surface area contributed by atoms with Crippen molar-refractivity contribution in [2.45, 2.75) is 45.6 Å². The van der Waals surface area contributed by atoms with Crippen molar-refractivity contribution in [3.8, 4) is 5.69 Å². The molecule has 1 aromatic heterocycles. The fourth-order valence-electron chi connectivity index (χ4n) is 4.03. The first kappa shape index (κ1) is 17.6. The number of carbonyl (C=O) groups excluding carboxylic acids is 1. The minimum Gasteiger partial charge on any atom is -0.348 e. The van der Waals surface area contributed by atoms with E-state index in [1.165, 1.54) is 42.6 Å². The first-order valence-corrected chi connectivity index (χ1v) is 9.85. The minimum atomic E-state index is -0.0338. The second-order valence-corrected chi connectivity index (χ2v) is 7.37. The molecule has 3 nitrogen and oxygen atoms in total. The van der Waals surface area contributed by atoms with Crippen molar-refractivity contribution in [1.29, 1.82) is 0 Å². The first-order valence-electron chi connectivity index (χ1n) is 9.85. The zero-order valence-electron chi connectivity index (χ0n) is 15.9. The largest absolute Gasteiger partial charge is 0.348 e. The van der Waals surface area contributed by atoms with Crippen molar-refractivity contribution in [2.75, 3.05) is 0 Å². The number of benzene rings is 2. The molecule has 0 saturated heterocycles. The van der Waals surface area contributed by atoms with Crippen molar-refractivity contribution in [3.63, 3.8) is 0 Å². The van der Waals surface area contributed by atoms with Crippen molar-refractivity contribution in [1.82, 2.24) is 9.88 Å². The third-order valence-corrected chi connectivity index (χ3v) is 5.42. The highest BCUT2D eigenvalue weighted by Gasteiger charge is 2.16. The van der Waals surface area contributed by atoms with Gasteiger partial charge in [0.05, 0.1) is 0 Å². The lowest BCUT2D eigenvalue weighted by Gasteiger charge is -2.13. The SMILES string of the molecule is Cc1cc2c(n1-c1ccc(C(=O)NCc3ccccc3)cc1)CCCCC2. The highest BCUT2D eigenvalue weighted by Crippen LogP contribution is 2.27. The molecule has 1 heterocycles. The maximum atomic E-state index is 12.4. The predicted octanol–water partition coefficient (Wildman–Crippen LogP) is 4.98. The van der Waals surface area contributed by atoms with Gasteiger partial charge in [-0.15, -0.1) is 0 Å². The lowest BCUT2D eigenvalue weighted by molar-refractivity contribution is 0.0951. The number of nitrogens with one attached hydrogen (secondary N) is 1. The molecule has 0 fully saturated rings. The summed E-state index contributed by atoms with van der Waals surface area (Å²) >= 11 is 0. The van der Waals surface area contributed by atoms with Crippen molar-refractivity contribution in [2.24, 2.45) is 0 Å². The van der Waals surface area contributed by atoms with E-state index >= 15 is 0 Å². The van der Waals surface area contributed by atoms with Gasteiger partial charge in [-0.1, -0.05) is 36.8 Å². The Hall–Kier alpha value is -2.81. The molecule has 0 unspecified atom stereocenters. The summed E-state index contributed by atoms with van der Waals surface area (Å²) in [6, 6.07) is 20.3. The van der Waals surface area contributed by atoms with Crippen LogP contribution in [0.5, 0.6) is 0 Å². The molecule has 2 aromatic carbocycles. The molecule has 0 aliphatic heterocycles. The number of hydrogen-bond donors (Lipinski definition) is 1. The molecule has 1 aliphatic rings. The quantitative estimate of drug-likeness (QED) is 0.655. The van der Waals surface area contributed by atoms with Crippen LogP contribution in [0.2, 0.25) is 0 Å². The highest BCUT2D eigenvalue weighted by atomic mass is 16.1. The van der Waals surface area contributed by atoms with Gasteiger partial charge in [0.1, 0.15) is 0 Å². The standard InChI is InChI=1S/C24H26N2O/c1-18-16-21-10-6-3-7-11-23(21)26(18)22-14-12-20(13-15-22)24(27)25-17-19-8-4-2-5-9-19/h2,4-5,8-9,12-16H,3,6-7,10-11,17H2,1H3,(H,25,27). The molecule has 1 N–H and O–H groups in total. The number of fused-ring (bicyclic) bond motifs is 1. The molecule has 1 amide bonds. The molecule has 3 aromatic rings. The van der Waals surface area contributed by atoms with Crippen molar-refractivity contribution in [3.05, 3.63) is 88.7 Å². The second kappa shape index (κ2) is 7.83. The van der Waals surface area contributed by atoms with Crippen LogP contribution in [-0.2, 0) is 19.4 Å². The Morgan fingerprint density at radius 3 is 2.48 bits per heavy atom. The fourth-order valence-corrected chi connectivity index (χ4v) is 4.03. The van der Waals surface area contributed by atoms with Crippen molar-refractivity contribution >= 4 is 5.91 Å². The van der Waals surface area contributed by atoms with Crippen LogP contribution < -0.4 is 5.32 Å². The Kier molecular flexibility index (Phi) is 5.10. The van der Waals surface area contributed by atoms with Gasteiger partial charge >= 0.3 is 0 Å². The van der Waals surface area contributed by atoms with Crippen molar-refractivity contribution < 1.29 is 4.79 Å². The van der Waals surface area contributed by atoms with E-state index in [1.807, 2.05) is 42.5 Å². The van der Waals surface area contributed by atoms with Gasteiger partial charge in [-0.3, -0.25) is 4.79 Å². The third kappa shape index (κ3) is 3.82. The smallest absolute Gasteiger partial charge is 0.251 e. The van der Waals surface area contributed by atoms with Crippen LogP contribution in [-0.4, -0.2) is 10.5 Å². The molecule has 0 bridgehead atoms. The van der Waals surface area contributed by atoms with E-state index in [-0.39, 0.29) is 5.91 Å². The number of carbonyl (C=O) groups is 1. The molecule has 4 rings (SSSR count). The average molecular weight is 358 g/mol. The summed E-state index contributed by atoms with van der Waals surface area (Å²) in [5.74, 6) is -0.0338. The van der Waals surface area contributed by atoms with Gasteiger partial charge in [-0.05, 0) is 74.1 Å². The van der Waals surface area contributed by atoms with Gasteiger partial charge in [-0.2, -0.15) is 0 Å². The average Bonchev–Trinajstić information content (AvgIpc) is 2.86. The lowest BCUT2D eigenvalue weighted by atomic mass is 10.1. The Balaban J connectivity index is 1.51. The molecular weight excluding hydrogens is 332 g/mol. The third-order valence-electron chi connectivity index (χ3n) is 5.42. The van der Waals surface area contributed by atoms with Crippen LogP contribution in [0.4, 0.5) is 0 Å². The number of hydrogen-bond acceptors (Lipinski definition) is 1. The predicted molar refractivity (Wildman–Crippen MR) is 109 cm³/mol. The normalized spacial score (nSPS) is 13.7. The van der Waals surface area contributed by atoms with Gasteiger partial charge < -0.3 is 9.88 Å². The topological polar surface area (TPSA) is 34.0 Å². The van der Waals surface area contributed by atoms with Crippen LogP contribution in [0, 0.1) is 6.92 Å². The molecule has 0 radical (unpaired) electrons. The summed E-state index contributed by atoms with van der Waals surface area (Å²) in [5.41, 5.74) is 7.18. The van der Waals surface area contributed by atoms with Crippen LogP contribution >= 0.6 is 0 Å². The Labute approximate surface area is 161 Å². The van der Waals surface area contributed by atoms with Crippen LogP contribution in [0.1, 0.15) is 52.1 Å². The lowest BCUT2D eigenvalue weighted by Crippen LogP contribution is -2.22. The summed E-state index contributed by atoms with van der Waals surface area (Å²) in [6.07, 6.45) is 6.19. The Bertz CT molecular complexity index is 923. The molecule has 1 aliphatic carbocycles. The van der Waals surface area contributed by atoms with Crippen LogP contribution in [0.15, 0.2) is 60.7 Å². The number of nitrogens with zero attached hydrogens (tertiary/aromatic N) is 1. The number of rotatable bonds is 4. The van der Waals surface area contributed by atoms with Gasteiger partial charge in [0, 0.05) is 29.2 Å². The summed E-state index contributed by atoms with van der Waals surface area (Å²) in [6.45, 7) is 2.72. The van der Waals surface area contributed by atoms with E-state index in [2.05, 4.69) is 35.0 Å². The Morgan fingerprint density at radius 2 is 1.70 bits per heavy atom. The summed E-state index contributed by atoms with van der Waals surface area (Å²) in [7, 11) is 0. The number of aryl methyl sites for hydroxylation is 2. The maximum Gasteiger partial charge on any atom is 0.251 e. The van der Waals surface area contributed by atoms with Gasteiger partial charge in [-0.25, -0.2) is 0 Å². The van der Waals surface area contributed by atoms with Gasteiger partial charge in [0.2, 0.25) is 0 Å². The molecule has 0 saturated carbocycles. The molecule has 138 valence electrons. The molecule has 27 heavy (non-hydrogen) atoms. The monoisotopic (exact) mass is 358 g/mol. The number of amides is 1. The summed E-state index contributed by atoms with van der Waals surface area (Å²) < 4.78 is 2.37. The first-order chi connectivity index (χ1) is 13.2. The Morgan fingerprint density at radius 1 is 0.963 bits per heavy atom. The molecular formula is C24H26N2O. The maximum absolute atomic E-state index is 12.4. The van der Waals surface area contributed by atoms with E-state index in [9.17, 15) is 4.79 Å². The zero-order chi connectivity index (χ0) is 18.6. The molecule has 0 spiro atoms. The zero-order valence-corrected chi connectivity index (χ0v) is 15.9. The van der Waals surface area contributed by atoms with Crippen LogP contribution in [0.25, 0.3) is 5.69 Å². The molecule has 3 heteroatoms. The van der Waals surface area contributed by atoms with E-state index in [1.54, 1.807) is 0 Å². The number of aromatic nitrogens is 1. The fraction of sp³-hybridized carbons (Fsp3) is 0.292. The van der Waals surface area contributed by atoms with Gasteiger partial charge in [0.15, 0.2) is 0 Å². The summed E-state index contributed by atoms with van der Waals surface area (Å²) in [4.78, 5) is 12.4. The van der Waals surface area contributed by atoms with E-state index in [0.717, 1.165) is 17.7 Å².